The normalized spacial score (nSPS) is 23.1. The van der Waals surface area contributed by atoms with Gasteiger partial charge in [-0.15, -0.1) is 0 Å². The number of carbonyl (C=O) groups excluding carboxylic acids is 1. The number of aliphatic hydroxyl groups is 1. The van der Waals surface area contributed by atoms with Crippen LogP contribution in [0.2, 0.25) is 0 Å². The SMILES string of the molecule is CC1(C)Oc2cc(NS(C)(=O)=O)ccc2C(OC(N)=O)C1O. The molecule has 0 bridgehead atoms. The minimum absolute atomic E-state index is 0.297. The molecule has 0 saturated carbocycles. The first kappa shape index (κ1) is 16.4. The molecule has 0 saturated heterocycles. The van der Waals surface area contributed by atoms with E-state index < -0.39 is 33.9 Å². The van der Waals surface area contributed by atoms with Crippen molar-refractivity contribution in [1.29, 1.82) is 0 Å². The zero-order valence-electron chi connectivity index (χ0n) is 12.4. The number of hydrogen-bond donors (Lipinski definition) is 3. The number of aliphatic hydroxyl groups excluding tert-OH is 1. The van der Waals surface area contributed by atoms with Crippen LogP contribution < -0.4 is 15.2 Å². The van der Waals surface area contributed by atoms with Gasteiger partial charge in [-0.05, 0) is 26.0 Å². The molecule has 4 N–H and O–H groups in total. The molecule has 0 aromatic heterocycles. The molecule has 1 aromatic rings. The van der Waals surface area contributed by atoms with Gasteiger partial charge < -0.3 is 20.3 Å². The highest BCUT2D eigenvalue weighted by Crippen LogP contribution is 2.42. The lowest BCUT2D eigenvalue weighted by molar-refractivity contribution is -0.112. The van der Waals surface area contributed by atoms with Crippen LogP contribution in [0, 0.1) is 0 Å². The Labute approximate surface area is 128 Å². The summed E-state index contributed by atoms with van der Waals surface area (Å²) in [5.41, 5.74) is 4.70. The van der Waals surface area contributed by atoms with Crippen molar-refractivity contribution in [1.82, 2.24) is 0 Å². The second-order valence-corrected chi connectivity index (χ2v) is 7.38. The Morgan fingerprint density at radius 1 is 1.45 bits per heavy atom. The first-order chi connectivity index (χ1) is 9.99. The lowest BCUT2D eigenvalue weighted by Crippen LogP contribution is -2.50. The van der Waals surface area contributed by atoms with Crippen molar-refractivity contribution >= 4 is 21.8 Å². The highest BCUT2D eigenvalue weighted by molar-refractivity contribution is 7.92. The summed E-state index contributed by atoms with van der Waals surface area (Å²) in [7, 11) is -3.44. The predicted octanol–water partition coefficient (Wildman–Crippen LogP) is 0.726. The molecule has 2 unspecified atom stereocenters. The van der Waals surface area contributed by atoms with Gasteiger partial charge in [0.15, 0.2) is 6.10 Å². The average Bonchev–Trinajstić information content (AvgIpc) is 2.32. The number of ether oxygens (including phenoxy) is 2. The fraction of sp³-hybridized carbons (Fsp3) is 0.462. The van der Waals surface area contributed by atoms with Crippen molar-refractivity contribution in [2.45, 2.75) is 31.7 Å². The first-order valence-corrected chi connectivity index (χ1v) is 8.33. The zero-order valence-corrected chi connectivity index (χ0v) is 13.2. The van der Waals surface area contributed by atoms with E-state index in [4.69, 9.17) is 15.2 Å². The molecular weight excluding hydrogens is 312 g/mol. The summed E-state index contributed by atoms with van der Waals surface area (Å²) in [4.78, 5) is 11.0. The molecule has 2 atom stereocenters. The van der Waals surface area contributed by atoms with Gasteiger partial charge in [-0.3, -0.25) is 4.72 Å². The number of rotatable bonds is 3. The summed E-state index contributed by atoms with van der Waals surface area (Å²) in [5.74, 6) is 0.301. The van der Waals surface area contributed by atoms with E-state index in [0.717, 1.165) is 6.26 Å². The van der Waals surface area contributed by atoms with Gasteiger partial charge >= 0.3 is 6.09 Å². The van der Waals surface area contributed by atoms with Crippen LogP contribution in [0.4, 0.5) is 10.5 Å². The zero-order chi connectivity index (χ0) is 16.7. The Morgan fingerprint density at radius 2 is 2.09 bits per heavy atom. The number of amides is 1. The molecule has 122 valence electrons. The maximum absolute atomic E-state index is 11.3. The summed E-state index contributed by atoms with van der Waals surface area (Å²) < 4.78 is 35.5. The molecule has 1 heterocycles. The summed E-state index contributed by atoms with van der Waals surface area (Å²) >= 11 is 0. The number of fused-ring (bicyclic) bond motifs is 1. The largest absolute Gasteiger partial charge is 0.484 e. The van der Waals surface area contributed by atoms with E-state index in [9.17, 15) is 18.3 Å². The highest BCUT2D eigenvalue weighted by atomic mass is 32.2. The molecule has 9 heteroatoms. The fourth-order valence-electron chi connectivity index (χ4n) is 2.27. The van der Waals surface area contributed by atoms with Crippen molar-refractivity contribution in [3.05, 3.63) is 23.8 Å². The second-order valence-electron chi connectivity index (χ2n) is 5.63. The molecule has 1 aromatic carbocycles. The van der Waals surface area contributed by atoms with Gasteiger partial charge in [0.25, 0.3) is 0 Å². The van der Waals surface area contributed by atoms with Crippen LogP contribution in [0.25, 0.3) is 0 Å². The Bertz CT molecular complexity index is 700. The summed E-state index contributed by atoms with van der Waals surface area (Å²) in [6.07, 6.45) is -2.12. The summed E-state index contributed by atoms with van der Waals surface area (Å²) in [5, 5.41) is 10.3. The van der Waals surface area contributed by atoms with Gasteiger partial charge in [-0.2, -0.15) is 0 Å². The second kappa shape index (κ2) is 5.33. The van der Waals surface area contributed by atoms with Crippen LogP contribution in [-0.2, 0) is 14.8 Å². The number of anilines is 1. The van der Waals surface area contributed by atoms with Crippen LogP contribution in [0.1, 0.15) is 25.5 Å². The van der Waals surface area contributed by atoms with Crippen LogP contribution >= 0.6 is 0 Å². The number of nitrogens with two attached hydrogens (primary N) is 1. The van der Waals surface area contributed by atoms with Gasteiger partial charge in [0.1, 0.15) is 17.5 Å². The van der Waals surface area contributed by atoms with Gasteiger partial charge in [0.2, 0.25) is 10.0 Å². The minimum atomic E-state index is -3.44. The molecule has 0 fully saturated rings. The first-order valence-electron chi connectivity index (χ1n) is 6.44. The number of benzene rings is 1. The molecule has 0 radical (unpaired) electrons. The van der Waals surface area contributed by atoms with Crippen molar-refractivity contribution in [2.75, 3.05) is 11.0 Å². The molecule has 0 spiro atoms. The summed E-state index contributed by atoms with van der Waals surface area (Å²) in [6.45, 7) is 3.24. The van der Waals surface area contributed by atoms with Crippen molar-refractivity contribution in [2.24, 2.45) is 5.73 Å². The third-order valence-corrected chi connectivity index (χ3v) is 3.85. The van der Waals surface area contributed by atoms with Crippen LogP contribution in [0.15, 0.2) is 18.2 Å². The van der Waals surface area contributed by atoms with Gasteiger partial charge in [-0.1, -0.05) is 0 Å². The molecule has 1 amide bonds. The quantitative estimate of drug-likeness (QED) is 0.749. The maximum Gasteiger partial charge on any atom is 0.405 e. The number of sulfonamides is 1. The molecular formula is C13H18N2O6S. The van der Waals surface area contributed by atoms with Gasteiger partial charge in [0, 0.05) is 11.6 Å². The number of hydrogen-bond acceptors (Lipinski definition) is 6. The van der Waals surface area contributed by atoms with E-state index in [1.165, 1.54) is 18.2 Å². The fourth-order valence-corrected chi connectivity index (χ4v) is 2.82. The lowest BCUT2D eigenvalue weighted by atomic mass is 9.88. The molecule has 1 aliphatic heterocycles. The molecule has 22 heavy (non-hydrogen) atoms. The van der Waals surface area contributed by atoms with E-state index in [1.807, 2.05) is 0 Å². The number of carbonyl (C=O) groups is 1. The van der Waals surface area contributed by atoms with E-state index in [1.54, 1.807) is 13.8 Å². The van der Waals surface area contributed by atoms with Crippen molar-refractivity contribution in [3.8, 4) is 5.75 Å². The van der Waals surface area contributed by atoms with Gasteiger partial charge in [0.05, 0.1) is 11.9 Å². The third kappa shape index (κ3) is 3.42. The van der Waals surface area contributed by atoms with Crippen LogP contribution in [-0.4, -0.2) is 37.6 Å². The molecule has 2 rings (SSSR count). The Hall–Kier alpha value is -2.00. The van der Waals surface area contributed by atoms with E-state index in [0.29, 0.717) is 17.0 Å². The Balaban J connectivity index is 2.45. The summed E-state index contributed by atoms with van der Waals surface area (Å²) in [6, 6.07) is 4.45. The van der Waals surface area contributed by atoms with E-state index >= 15 is 0 Å². The van der Waals surface area contributed by atoms with Crippen molar-refractivity contribution < 1.29 is 27.8 Å². The molecule has 1 aliphatic rings. The van der Waals surface area contributed by atoms with Crippen LogP contribution in [0.3, 0.4) is 0 Å². The lowest BCUT2D eigenvalue weighted by Gasteiger charge is -2.41. The minimum Gasteiger partial charge on any atom is -0.484 e. The topological polar surface area (TPSA) is 128 Å². The monoisotopic (exact) mass is 330 g/mol. The van der Waals surface area contributed by atoms with E-state index in [-0.39, 0.29) is 0 Å². The predicted molar refractivity (Wildman–Crippen MR) is 79.0 cm³/mol. The van der Waals surface area contributed by atoms with Crippen LogP contribution in [0.5, 0.6) is 5.75 Å². The van der Waals surface area contributed by atoms with Crippen molar-refractivity contribution in [3.63, 3.8) is 0 Å². The smallest absolute Gasteiger partial charge is 0.405 e. The maximum atomic E-state index is 11.3. The number of primary amides is 1. The van der Waals surface area contributed by atoms with E-state index in [2.05, 4.69) is 4.72 Å². The Kier molecular flexibility index (Phi) is 3.96. The molecule has 0 aliphatic carbocycles. The number of nitrogens with one attached hydrogen (secondary N) is 1. The highest BCUT2D eigenvalue weighted by Gasteiger charge is 2.45. The average molecular weight is 330 g/mol. The Morgan fingerprint density at radius 3 is 2.64 bits per heavy atom. The third-order valence-electron chi connectivity index (χ3n) is 3.24. The molecule has 8 nitrogen and oxygen atoms in total. The standard InChI is InChI=1S/C13H18N2O6S/c1-13(2)11(16)10(20-12(14)17)8-5-4-7(6-9(8)21-13)15-22(3,18)19/h4-6,10-11,15-16H,1-3H3,(H2,14,17). The van der Waals surface area contributed by atoms with Gasteiger partial charge in [-0.25, -0.2) is 13.2 Å².